The quantitative estimate of drug-likeness (QED) is 0.424. The zero-order valence-electron chi connectivity index (χ0n) is 19.0. The molecule has 0 saturated heterocycles. The Hall–Kier alpha value is -2.96. The van der Waals surface area contributed by atoms with Gasteiger partial charge in [0.1, 0.15) is 0 Å². The maximum Gasteiger partial charge on any atom is 0.0570 e. The minimum absolute atomic E-state index is 0.0427. The fraction of sp³-hybridized carbons (Fsp3) is 0.185. The van der Waals surface area contributed by atoms with Crippen LogP contribution in [0.4, 0.5) is 5.69 Å². The van der Waals surface area contributed by atoms with Gasteiger partial charge >= 0.3 is 0 Å². The maximum absolute atomic E-state index is 12.1. The van der Waals surface area contributed by atoms with E-state index < -0.39 is 9.71 Å². The zero-order chi connectivity index (χ0) is 23.4. The van der Waals surface area contributed by atoms with Crippen molar-refractivity contribution in [2.24, 2.45) is 0 Å². The molecule has 0 bridgehead atoms. The highest BCUT2D eigenvalue weighted by molar-refractivity contribution is 8.16. The van der Waals surface area contributed by atoms with E-state index in [1.54, 1.807) is 6.26 Å². The summed E-state index contributed by atoms with van der Waals surface area (Å²) in [5.41, 5.74) is 5.41. The van der Waals surface area contributed by atoms with Crippen LogP contribution in [0.25, 0.3) is 5.69 Å². The van der Waals surface area contributed by atoms with Gasteiger partial charge in [0.15, 0.2) is 0 Å². The topological polar surface area (TPSA) is 37.3 Å². The summed E-state index contributed by atoms with van der Waals surface area (Å²) in [5, 5.41) is 2.21. The van der Waals surface area contributed by atoms with Crippen LogP contribution in [0.5, 0.6) is 0 Å². The van der Waals surface area contributed by atoms with Crippen molar-refractivity contribution in [3.8, 4) is 5.69 Å². The van der Waals surface area contributed by atoms with E-state index in [0.717, 1.165) is 41.4 Å². The number of hydrogen-bond donors (Lipinski definition) is 1. The van der Waals surface area contributed by atoms with Gasteiger partial charge in [0, 0.05) is 64.1 Å². The maximum atomic E-state index is 12.1. The molecule has 4 nitrogen and oxygen atoms in total. The Morgan fingerprint density at radius 2 is 1.88 bits per heavy atom. The highest BCUT2D eigenvalue weighted by Crippen LogP contribution is 2.29. The van der Waals surface area contributed by atoms with E-state index in [9.17, 15) is 4.21 Å². The van der Waals surface area contributed by atoms with Gasteiger partial charge in [-0.3, -0.25) is 0 Å². The number of rotatable bonds is 9. The molecule has 3 atom stereocenters. The highest BCUT2D eigenvalue weighted by Gasteiger charge is 2.22. The normalized spacial score (nSPS) is 19.2. The molecule has 172 valence electrons. The SMILES string of the molecule is C=C(Cc1ccc(-n2cccc2)cc1)N(Cc1cccc(NS(=C)(C)=O)c1)C1C=CS(=C)C1. The van der Waals surface area contributed by atoms with Crippen LogP contribution in [-0.2, 0) is 22.7 Å². The lowest BCUT2D eigenvalue weighted by molar-refractivity contribution is 0.299. The highest BCUT2D eigenvalue weighted by atomic mass is 32.2. The number of nitrogens with one attached hydrogen (secondary N) is 1. The molecule has 0 fully saturated rings. The summed E-state index contributed by atoms with van der Waals surface area (Å²) in [5.74, 6) is 8.95. The average molecular weight is 478 g/mol. The molecule has 1 N–H and O–H groups in total. The first-order valence-corrected chi connectivity index (χ1v) is 14.6. The molecule has 6 heteroatoms. The van der Waals surface area contributed by atoms with Gasteiger partial charge in [-0.2, -0.15) is 10.5 Å². The van der Waals surface area contributed by atoms with Crippen LogP contribution in [0.3, 0.4) is 0 Å². The molecule has 33 heavy (non-hydrogen) atoms. The first-order valence-electron chi connectivity index (χ1n) is 10.8. The van der Waals surface area contributed by atoms with E-state index in [1.165, 1.54) is 5.56 Å². The van der Waals surface area contributed by atoms with Gasteiger partial charge in [-0.1, -0.05) is 42.8 Å². The number of anilines is 1. The molecule has 1 aromatic heterocycles. The monoisotopic (exact) mass is 477 g/mol. The Morgan fingerprint density at radius 1 is 1.15 bits per heavy atom. The third kappa shape index (κ3) is 6.30. The van der Waals surface area contributed by atoms with E-state index in [-0.39, 0.29) is 16.5 Å². The van der Waals surface area contributed by atoms with E-state index in [0.29, 0.717) is 0 Å². The molecular weight excluding hydrogens is 446 g/mol. The van der Waals surface area contributed by atoms with Crippen LogP contribution < -0.4 is 4.72 Å². The second kappa shape index (κ2) is 9.89. The fourth-order valence-corrected chi connectivity index (χ4v) is 5.87. The predicted octanol–water partition coefficient (Wildman–Crippen LogP) is 5.31. The lowest BCUT2D eigenvalue weighted by Crippen LogP contribution is -2.34. The van der Waals surface area contributed by atoms with Gasteiger partial charge in [-0.25, -0.2) is 4.21 Å². The van der Waals surface area contributed by atoms with Gasteiger partial charge < -0.3 is 14.2 Å². The third-order valence-corrected chi connectivity index (χ3v) is 7.52. The molecule has 4 rings (SSSR count). The van der Waals surface area contributed by atoms with Crippen LogP contribution in [0.1, 0.15) is 11.1 Å². The summed E-state index contributed by atoms with van der Waals surface area (Å²) in [6, 6.07) is 21.0. The standard InChI is InChI=1S/C27H31N3OS2/c1-22(18-23-10-12-26(13-11-23)29-15-5-6-16-29)30(27-14-17-32(2)21-27)20-24-8-7-9-25(19-24)28-33(3,4)31/h5-17,19,27H,1-3,18,20-21H2,4H3,(H,28,31). The number of allylic oxidation sites excluding steroid dienone is 1. The van der Waals surface area contributed by atoms with Crippen molar-refractivity contribution >= 4 is 37.6 Å². The van der Waals surface area contributed by atoms with Crippen LogP contribution in [0.2, 0.25) is 0 Å². The molecular formula is C27H31N3OS2. The molecule has 0 radical (unpaired) electrons. The summed E-state index contributed by atoms with van der Waals surface area (Å²) < 4.78 is 17.2. The van der Waals surface area contributed by atoms with Crippen molar-refractivity contribution in [2.45, 2.75) is 19.0 Å². The average Bonchev–Trinajstić information content (AvgIpc) is 3.44. The molecule has 3 unspecified atom stereocenters. The van der Waals surface area contributed by atoms with Crippen molar-refractivity contribution in [3.63, 3.8) is 0 Å². The summed E-state index contributed by atoms with van der Waals surface area (Å²) in [6.07, 6.45) is 8.74. The second-order valence-electron chi connectivity index (χ2n) is 8.54. The minimum Gasteiger partial charge on any atom is -0.363 e. The van der Waals surface area contributed by atoms with E-state index >= 15 is 0 Å². The molecule has 0 aliphatic carbocycles. The van der Waals surface area contributed by atoms with E-state index in [1.807, 2.05) is 42.7 Å². The molecule has 0 amide bonds. The second-order valence-corrected chi connectivity index (χ2v) is 12.4. The van der Waals surface area contributed by atoms with Crippen LogP contribution >= 0.6 is 10.5 Å². The molecule has 0 spiro atoms. The van der Waals surface area contributed by atoms with Crippen molar-refractivity contribution in [1.29, 1.82) is 0 Å². The van der Waals surface area contributed by atoms with E-state index in [4.69, 9.17) is 0 Å². The van der Waals surface area contributed by atoms with Crippen LogP contribution in [0.15, 0.2) is 96.8 Å². The summed E-state index contributed by atoms with van der Waals surface area (Å²) in [7, 11) is -2.28. The summed E-state index contributed by atoms with van der Waals surface area (Å²) in [6.45, 7) is 5.19. The van der Waals surface area contributed by atoms with Gasteiger partial charge in [0.05, 0.1) is 6.04 Å². The first-order chi connectivity index (χ1) is 15.8. The molecule has 2 heterocycles. The first kappa shape index (κ1) is 23.2. The fourth-order valence-electron chi connectivity index (χ4n) is 4.00. The Labute approximate surface area is 200 Å². The number of nitrogens with zero attached hydrogens (tertiary/aromatic N) is 2. The number of aromatic nitrogens is 1. The molecule has 3 aromatic rings. The summed E-state index contributed by atoms with van der Waals surface area (Å²) in [4.78, 5) is 2.38. The van der Waals surface area contributed by atoms with Crippen molar-refractivity contribution in [1.82, 2.24) is 9.47 Å². The van der Waals surface area contributed by atoms with Gasteiger partial charge in [0.25, 0.3) is 0 Å². The minimum atomic E-state index is -2.32. The van der Waals surface area contributed by atoms with E-state index in [2.05, 4.69) is 74.3 Å². The Bertz CT molecular complexity index is 1270. The zero-order valence-corrected chi connectivity index (χ0v) is 20.7. The van der Waals surface area contributed by atoms with Gasteiger partial charge in [-0.15, -0.1) is 0 Å². The van der Waals surface area contributed by atoms with Crippen molar-refractivity contribution < 1.29 is 4.21 Å². The Kier molecular flexibility index (Phi) is 6.96. The lowest BCUT2D eigenvalue weighted by Gasteiger charge is -2.32. The molecule has 1 aliphatic heterocycles. The van der Waals surface area contributed by atoms with Gasteiger partial charge in [-0.05, 0) is 58.8 Å². The predicted molar refractivity (Wildman–Crippen MR) is 148 cm³/mol. The Morgan fingerprint density at radius 3 is 2.52 bits per heavy atom. The molecule has 1 aliphatic rings. The van der Waals surface area contributed by atoms with Crippen molar-refractivity contribution in [3.05, 3.63) is 108 Å². The largest absolute Gasteiger partial charge is 0.363 e. The van der Waals surface area contributed by atoms with Crippen LogP contribution in [0, 0.1) is 0 Å². The number of hydrogen-bond acceptors (Lipinski definition) is 2. The Balaban J connectivity index is 1.52. The summed E-state index contributed by atoms with van der Waals surface area (Å²) >= 11 is 0. The number of benzene rings is 2. The molecule has 2 aromatic carbocycles. The van der Waals surface area contributed by atoms with Gasteiger partial charge in [0.2, 0.25) is 0 Å². The third-order valence-electron chi connectivity index (χ3n) is 5.55. The smallest absolute Gasteiger partial charge is 0.0570 e. The van der Waals surface area contributed by atoms with Crippen molar-refractivity contribution in [2.75, 3.05) is 16.7 Å². The molecule has 0 saturated carbocycles. The lowest BCUT2D eigenvalue weighted by atomic mass is 10.1. The van der Waals surface area contributed by atoms with Crippen LogP contribution in [-0.4, -0.2) is 43.5 Å².